The van der Waals surface area contributed by atoms with Crippen LogP contribution in [0.15, 0.2) is 0 Å². The molecule has 0 unspecified atom stereocenters. The van der Waals surface area contributed by atoms with Gasteiger partial charge in [-0.25, -0.2) is 0 Å². The predicted molar refractivity (Wildman–Crippen MR) is 528 cm³/mol. The van der Waals surface area contributed by atoms with E-state index in [0.717, 1.165) is 78.5 Å². The average Bonchev–Trinajstić information content (AvgIpc) is 1.04. The Morgan fingerprint density at radius 1 is 0.156 bits per heavy atom. The molecule has 0 spiro atoms. The minimum atomic E-state index is 0. The minimum Gasteiger partial charge on any atom is -0.411 e. The maximum atomic E-state index is 7.83. The Hall–Kier alpha value is 1.47. The zero-order chi connectivity index (χ0) is 85.4. The summed E-state index contributed by atoms with van der Waals surface area (Å²) in [6, 6.07) is 0. The third-order valence-electron chi connectivity index (χ3n) is 16.9. The molecule has 654 valence electrons. The van der Waals surface area contributed by atoms with Gasteiger partial charge in [-0.15, -0.1) is 0 Å². The Labute approximate surface area is 787 Å². The Morgan fingerprint density at radius 3 is 0.266 bits per heavy atom. The van der Waals surface area contributed by atoms with E-state index in [4.69, 9.17) is 174 Å². The van der Waals surface area contributed by atoms with Crippen molar-refractivity contribution in [1.29, 1.82) is 0 Å². The summed E-state index contributed by atoms with van der Waals surface area (Å²) in [7, 11) is 0. The van der Waals surface area contributed by atoms with E-state index in [9.17, 15) is 0 Å². The summed E-state index contributed by atoms with van der Waals surface area (Å²) in [4.78, 5) is 13.2. The number of hydrogen-bond donors (Lipinski definition) is 0. The van der Waals surface area contributed by atoms with Crippen molar-refractivity contribution in [2.75, 3.05) is 78.5 Å². The number of nitrogens with zero attached hydrogens (tertiary/aromatic N) is 6. The van der Waals surface area contributed by atoms with Crippen molar-refractivity contribution < 1.29 is 46.3 Å². The molecule has 0 radical (unpaired) electrons. The largest absolute Gasteiger partial charge is 0.411 e. The van der Waals surface area contributed by atoms with E-state index in [1.54, 1.807) is 0 Å². The number of thiocarbonyl (C=S) groups is 6. The minimum absolute atomic E-state index is 0. The topological polar surface area (TPSA) is 122 Å². The Kier molecular flexibility index (Phi) is 173. The van der Waals surface area contributed by atoms with Gasteiger partial charge in [0.15, 0.2) is 75.2 Å². The Balaban J connectivity index is -0.0000000894. The van der Waals surface area contributed by atoms with Gasteiger partial charge in [0.1, 0.15) is 0 Å². The molecule has 0 atom stereocenters. The summed E-state index contributed by atoms with van der Waals surface area (Å²) in [5.74, 6) is 0. The number of unbranched alkanes of at least 4 members (excludes halogenated alkanes) is 36. The van der Waals surface area contributed by atoms with Crippen molar-refractivity contribution in [1.82, 2.24) is 29.4 Å². The van der Waals surface area contributed by atoms with Crippen LogP contribution in [0.3, 0.4) is 0 Å². The van der Waals surface area contributed by atoms with Gasteiger partial charge in [-0.05, 0) is 77.0 Å². The van der Waals surface area contributed by atoms with Crippen LogP contribution in [0.1, 0.15) is 391 Å². The van der Waals surface area contributed by atoms with Gasteiger partial charge in [0, 0.05) is 99.6 Å². The van der Waals surface area contributed by atoms with Crippen LogP contribution in [0.2, 0.25) is 0 Å². The van der Waals surface area contributed by atoms with Crippen LogP contribution in [0, 0.1) is 0 Å². The quantitative estimate of drug-likeness (QED) is 0.0248. The maximum absolute atomic E-state index is 7.83. The van der Waals surface area contributed by atoms with E-state index >= 15 is 0 Å². The molecule has 0 saturated heterocycles. The predicted octanol–water partition coefficient (Wildman–Crippen LogP) is 23.7. The molecule has 0 aliphatic rings. The Bertz CT molecular complexity index is 1390. The molecule has 0 aliphatic carbocycles. The first-order valence-electron chi connectivity index (χ1n) is 41.1. The molecule has 0 fully saturated rings. The van der Waals surface area contributed by atoms with E-state index in [-0.39, 0.29) is 21.1 Å². The zero-order valence-corrected chi connectivity index (χ0v) is 87.0. The summed E-state index contributed by atoms with van der Waals surface area (Å²) in [5, 5.41) is 0. The molecule has 0 rings (SSSR count). The van der Waals surface area contributed by atoms with Gasteiger partial charge in [-0.3, -0.25) is 0 Å². The van der Waals surface area contributed by atoms with Crippen LogP contribution in [-0.2, 0) is 172 Å². The molecular weight excluding hydrogens is 1790 g/mol. The van der Waals surface area contributed by atoms with Crippen molar-refractivity contribution in [3.8, 4) is 0 Å². The molecule has 0 amide bonds. The van der Waals surface area contributed by atoms with Gasteiger partial charge in [-0.2, -0.15) is 25.3 Å². The molecule has 0 aliphatic heterocycles. The molecule has 0 aromatic heterocycles. The van der Waals surface area contributed by atoms with Gasteiger partial charge >= 0.3 is 0 Å². The molecule has 0 heterocycles. The second kappa shape index (κ2) is 136. The molecule has 0 N–H and O–H groups in total. The number of rotatable bonds is 60. The SMILES string of the molecule is CCCCCCN(CCCCCC)C(=S)[S-].CCCCCCN(CCCCCC)C(=S)[S-].CCCCCCN(CCCCCC)C(=S)[S-].CCCCCCN(CCCCCC)C(=S)[S-].CCCCCCN(CCCCCC)C(=S)[S-].CCCCCCN(CCCCCC)C(=S)[S-].O=S.O=S.O=S.O=S.O=S.O=S.[Mo]. The van der Waals surface area contributed by atoms with E-state index in [1.807, 2.05) is 0 Å². The summed E-state index contributed by atoms with van der Waals surface area (Å²) in [6.45, 7) is 39.6. The van der Waals surface area contributed by atoms with Crippen molar-refractivity contribution >= 4 is 250 Å². The standard InChI is InChI=1S/6C13H27NS2.Mo.6OS/c6*1-3-5-7-9-11-14(13(15)16)12-10-8-6-4-2;;6*1-2/h6*3-12H2,1-2H3,(H,15,16);;;;;;;/p-6. The number of hydrogen-bond acceptors (Lipinski definition) is 24. The van der Waals surface area contributed by atoms with E-state index in [0.29, 0.717) is 25.9 Å². The molecule has 0 aromatic carbocycles. The van der Waals surface area contributed by atoms with Crippen molar-refractivity contribution in [2.45, 2.75) is 391 Å². The maximum Gasteiger partial charge on any atom is 0.197 e. The van der Waals surface area contributed by atoms with Gasteiger partial charge in [-0.1, -0.05) is 340 Å². The average molecular weight is 1950 g/mol. The smallest absolute Gasteiger partial charge is 0.197 e. The third-order valence-corrected chi connectivity index (χ3v) is 20.0. The van der Waals surface area contributed by atoms with Gasteiger partial charge in [0.2, 0.25) is 0 Å². The van der Waals surface area contributed by atoms with Crippen molar-refractivity contribution in [2.24, 2.45) is 0 Å². The fraction of sp³-hybridized carbons (Fsp3) is 0.923. The van der Waals surface area contributed by atoms with E-state index in [1.165, 1.54) is 308 Å². The normalized spacial score (nSPS) is 9.36. The van der Waals surface area contributed by atoms with Crippen LogP contribution in [-0.4, -0.2) is 159 Å². The van der Waals surface area contributed by atoms with E-state index in [2.05, 4.69) is 188 Å². The summed E-state index contributed by atoms with van der Waals surface area (Å²) in [6.07, 6.45) is 61.8. The molecular formula is C78H156MoN6O6S18-6. The van der Waals surface area contributed by atoms with Gasteiger partial charge < -0.3 is 178 Å². The second-order valence-corrected chi connectivity index (χ2v) is 32.4. The molecule has 0 aromatic rings. The molecule has 12 nitrogen and oxygen atoms in total. The third kappa shape index (κ3) is 133. The van der Waals surface area contributed by atoms with Gasteiger partial charge in [0.05, 0.1) is 0 Å². The monoisotopic (exact) mass is 1950 g/mol. The second-order valence-electron chi connectivity index (χ2n) is 26.2. The van der Waals surface area contributed by atoms with Crippen LogP contribution in [0.5, 0.6) is 0 Å². The van der Waals surface area contributed by atoms with Crippen LogP contribution in [0.4, 0.5) is 0 Å². The fourth-order valence-corrected chi connectivity index (χ4v) is 12.7. The summed E-state index contributed by atoms with van der Waals surface area (Å²) in [5.41, 5.74) is 0. The van der Waals surface area contributed by atoms with Gasteiger partial charge in [0.25, 0.3) is 0 Å². The van der Waals surface area contributed by atoms with E-state index < -0.39 is 0 Å². The van der Waals surface area contributed by atoms with Crippen molar-refractivity contribution in [3.63, 3.8) is 0 Å². The zero-order valence-electron chi connectivity index (χ0n) is 70.3. The molecule has 0 saturated carbocycles. The summed E-state index contributed by atoms with van der Waals surface area (Å²) >= 11 is 78.4. The molecule has 31 heteroatoms. The van der Waals surface area contributed by atoms with Crippen LogP contribution in [0.25, 0.3) is 0 Å². The first-order chi connectivity index (χ1) is 52.3. The van der Waals surface area contributed by atoms with Crippen molar-refractivity contribution in [3.05, 3.63) is 0 Å². The molecule has 0 bridgehead atoms. The summed E-state index contributed by atoms with van der Waals surface area (Å²) < 4.78 is 51.0. The fourth-order valence-electron chi connectivity index (χ4n) is 10.5. The Morgan fingerprint density at radius 2 is 0.220 bits per heavy atom. The molecule has 109 heavy (non-hydrogen) atoms. The first kappa shape index (κ1) is 139. The van der Waals surface area contributed by atoms with Crippen LogP contribution < -0.4 is 0 Å². The first-order valence-corrected chi connectivity index (χ1v) is 48.0. The van der Waals surface area contributed by atoms with Crippen LogP contribution >= 0.6 is 73.3 Å².